The first-order chi connectivity index (χ1) is 39.5. The number of unbranched alkanes of at least 4 members (excludes halogenated alkanes) is 48. The van der Waals surface area contributed by atoms with Crippen molar-refractivity contribution in [2.24, 2.45) is 0 Å². The molecule has 0 heterocycles. The van der Waals surface area contributed by atoms with Crippen molar-refractivity contribution >= 4 is 11.9 Å². The lowest BCUT2D eigenvalue weighted by molar-refractivity contribution is -0.143. The predicted octanol–water partition coefficient (Wildman–Crippen LogP) is 23.3. The molecule has 0 bridgehead atoms. The van der Waals surface area contributed by atoms with Crippen LogP contribution in [0.15, 0.2) is 48.6 Å². The van der Waals surface area contributed by atoms with E-state index in [4.69, 9.17) is 4.74 Å². The SMILES string of the molecule is CCCCCC/C=C\C/C=C\CCCCCCCCCC(=O)OCCCCCCCCCCC/C=C\C/C=C\CCCCCCCCCCCCCCCCCCCC(=O)NC(CO)C(O)CCCCCCCCCCCCCC. The van der Waals surface area contributed by atoms with Gasteiger partial charge in [0.15, 0.2) is 0 Å². The molecule has 1 amide bonds. The molecule has 80 heavy (non-hydrogen) atoms. The highest BCUT2D eigenvalue weighted by atomic mass is 16.5. The molecule has 6 heteroatoms. The number of carbonyl (C=O) groups excluding carboxylic acids is 2. The average Bonchev–Trinajstić information content (AvgIpc) is 3.46. The topological polar surface area (TPSA) is 95.9 Å². The van der Waals surface area contributed by atoms with Crippen LogP contribution < -0.4 is 5.32 Å². The van der Waals surface area contributed by atoms with Gasteiger partial charge in [-0.2, -0.15) is 0 Å². The highest BCUT2D eigenvalue weighted by molar-refractivity contribution is 5.76. The molecule has 3 N–H and O–H groups in total. The maximum atomic E-state index is 12.5. The maximum Gasteiger partial charge on any atom is 0.305 e. The summed E-state index contributed by atoms with van der Waals surface area (Å²) in [5, 5.41) is 23.3. The number of aliphatic hydroxyl groups excluding tert-OH is 2. The van der Waals surface area contributed by atoms with E-state index in [9.17, 15) is 19.8 Å². The fourth-order valence-electron chi connectivity index (χ4n) is 11.1. The lowest BCUT2D eigenvalue weighted by atomic mass is 10.0. The van der Waals surface area contributed by atoms with E-state index in [1.54, 1.807) is 0 Å². The second-order valence-corrected chi connectivity index (χ2v) is 24.6. The van der Waals surface area contributed by atoms with E-state index in [0.717, 1.165) is 57.8 Å². The van der Waals surface area contributed by atoms with Gasteiger partial charge < -0.3 is 20.3 Å². The highest BCUT2D eigenvalue weighted by Crippen LogP contribution is 2.18. The Bertz CT molecular complexity index is 1340. The van der Waals surface area contributed by atoms with Crippen LogP contribution in [0.25, 0.3) is 0 Å². The van der Waals surface area contributed by atoms with Crippen molar-refractivity contribution in [2.45, 2.75) is 398 Å². The first kappa shape index (κ1) is 77.8. The van der Waals surface area contributed by atoms with E-state index in [1.807, 2.05) is 0 Å². The lowest BCUT2D eigenvalue weighted by Gasteiger charge is -2.22. The van der Waals surface area contributed by atoms with Crippen LogP contribution in [0.2, 0.25) is 0 Å². The number of nitrogens with one attached hydrogen (secondary N) is 1. The van der Waals surface area contributed by atoms with Crippen molar-refractivity contribution in [2.75, 3.05) is 13.2 Å². The van der Waals surface area contributed by atoms with Crippen molar-refractivity contribution < 1.29 is 24.5 Å². The number of carbonyl (C=O) groups is 2. The number of amides is 1. The molecule has 0 aliphatic carbocycles. The second-order valence-electron chi connectivity index (χ2n) is 24.6. The number of ether oxygens (including phenoxy) is 1. The largest absolute Gasteiger partial charge is 0.466 e. The molecule has 0 aliphatic heterocycles. The fraction of sp³-hybridized carbons (Fsp3) is 0.865. The molecule has 6 nitrogen and oxygen atoms in total. The normalized spacial score (nSPS) is 12.8. The Kier molecular flexibility index (Phi) is 67.4. The van der Waals surface area contributed by atoms with Gasteiger partial charge in [0, 0.05) is 12.8 Å². The van der Waals surface area contributed by atoms with Crippen LogP contribution in [0.5, 0.6) is 0 Å². The van der Waals surface area contributed by atoms with Gasteiger partial charge in [-0.15, -0.1) is 0 Å². The zero-order valence-electron chi connectivity index (χ0n) is 53.8. The van der Waals surface area contributed by atoms with Crippen molar-refractivity contribution in [1.82, 2.24) is 5.32 Å². The van der Waals surface area contributed by atoms with E-state index in [-0.39, 0.29) is 18.5 Å². The van der Waals surface area contributed by atoms with Gasteiger partial charge in [0.05, 0.1) is 25.4 Å². The summed E-state index contributed by atoms with van der Waals surface area (Å²) in [4.78, 5) is 24.6. The standard InChI is InChI=1S/C74H139NO5/c1-3-5-7-9-11-13-15-17-18-19-38-41-44-48-52-56-60-64-68-74(79)80-69-65-61-57-53-49-45-42-39-36-34-32-30-28-26-24-22-20-21-23-25-27-29-31-33-35-37-40-43-47-51-55-59-63-67-73(78)75-71(70-76)72(77)66-62-58-54-50-46-16-14-12-10-8-6-4-2/h13,15,18-19,24,26,30,32,71-72,76-77H,3-12,14,16-17,20-23,25,27-29,31,33-70H2,1-2H3,(H,75,78)/b15-13-,19-18-,26-24-,32-30-. The summed E-state index contributed by atoms with van der Waals surface area (Å²) in [7, 11) is 0. The summed E-state index contributed by atoms with van der Waals surface area (Å²) in [5.41, 5.74) is 0. The van der Waals surface area contributed by atoms with Gasteiger partial charge in [-0.1, -0.05) is 332 Å². The number of esters is 1. The van der Waals surface area contributed by atoms with Gasteiger partial charge in [-0.05, 0) is 89.9 Å². The van der Waals surface area contributed by atoms with Crippen molar-refractivity contribution in [3.63, 3.8) is 0 Å². The van der Waals surface area contributed by atoms with Gasteiger partial charge in [0.2, 0.25) is 5.91 Å². The van der Waals surface area contributed by atoms with Crippen molar-refractivity contribution in [3.8, 4) is 0 Å². The molecule has 0 saturated carbocycles. The molecule has 2 unspecified atom stereocenters. The first-order valence-electron chi connectivity index (χ1n) is 35.9. The van der Waals surface area contributed by atoms with Crippen LogP contribution in [-0.2, 0) is 14.3 Å². The van der Waals surface area contributed by atoms with Crippen LogP contribution >= 0.6 is 0 Å². The van der Waals surface area contributed by atoms with E-state index in [2.05, 4.69) is 67.8 Å². The lowest BCUT2D eigenvalue weighted by Crippen LogP contribution is -2.45. The summed E-state index contributed by atoms with van der Waals surface area (Å²) >= 11 is 0. The van der Waals surface area contributed by atoms with E-state index < -0.39 is 12.1 Å². The zero-order valence-corrected chi connectivity index (χ0v) is 53.8. The minimum Gasteiger partial charge on any atom is -0.466 e. The molecule has 0 aromatic heterocycles. The Morgan fingerprint density at radius 2 is 0.625 bits per heavy atom. The van der Waals surface area contributed by atoms with Crippen LogP contribution in [0.3, 0.4) is 0 Å². The smallest absolute Gasteiger partial charge is 0.305 e. The molecule has 0 saturated heterocycles. The second kappa shape index (κ2) is 69.3. The minimum atomic E-state index is -0.662. The van der Waals surface area contributed by atoms with Crippen molar-refractivity contribution in [1.29, 1.82) is 0 Å². The summed E-state index contributed by atoms with van der Waals surface area (Å²) in [5.74, 6) is -0.0253. The minimum absolute atomic E-state index is 0.00694. The van der Waals surface area contributed by atoms with Gasteiger partial charge in [-0.25, -0.2) is 0 Å². The molecule has 0 aromatic rings. The Balaban J connectivity index is 3.37. The summed E-state index contributed by atoms with van der Waals surface area (Å²) in [6.45, 7) is 4.95. The molecule has 0 aliphatic rings. The molecule has 0 aromatic carbocycles. The Morgan fingerprint density at radius 1 is 0.350 bits per heavy atom. The van der Waals surface area contributed by atoms with E-state index in [0.29, 0.717) is 25.9 Å². The fourth-order valence-corrected chi connectivity index (χ4v) is 11.1. The summed E-state index contributed by atoms with van der Waals surface area (Å²) in [6, 6.07) is -0.539. The number of hydrogen-bond donors (Lipinski definition) is 3. The molecular formula is C74H139NO5. The molecule has 0 rings (SSSR count). The molecule has 2 atom stereocenters. The zero-order chi connectivity index (χ0) is 57.8. The molecule has 0 radical (unpaired) electrons. The van der Waals surface area contributed by atoms with E-state index >= 15 is 0 Å². The molecule has 0 fully saturated rings. The molecular weight excluding hydrogens is 983 g/mol. The number of rotatable bonds is 67. The average molecular weight is 1120 g/mol. The summed E-state index contributed by atoms with van der Waals surface area (Å²) in [6.07, 6.45) is 90.3. The Labute approximate surface area is 499 Å². The summed E-state index contributed by atoms with van der Waals surface area (Å²) < 4.78 is 5.50. The molecule has 470 valence electrons. The quantitative estimate of drug-likeness (QED) is 0.0320. The van der Waals surface area contributed by atoms with Crippen LogP contribution in [0.1, 0.15) is 386 Å². The third-order valence-electron chi connectivity index (χ3n) is 16.6. The van der Waals surface area contributed by atoms with Gasteiger partial charge in [0.1, 0.15) is 0 Å². The van der Waals surface area contributed by atoms with Gasteiger partial charge in [-0.3, -0.25) is 9.59 Å². The van der Waals surface area contributed by atoms with Crippen molar-refractivity contribution in [3.05, 3.63) is 48.6 Å². The van der Waals surface area contributed by atoms with E-state index in [1.165, 1.54) is 295 Å². The Hall–Kier alpha value is -2.18. The van der Waals surface area contributed by atoms with Gasteiger partial charge in [0.25, 0.3) is 0 Å². The predicted molar refractivity (Wildman–Crippen MR) is 352 cm³/mol. The van der Waals surface area contributed by atoms with Crippen LogP contribution in [0, 0.1) is 0 Å². The number of allylic oxidation sites excluding steroid dienone is 8. The third kappa shape index (κ3) is 65.0. The first-order valence-corrected chi connectivity index (χ1v) is 35.9. The molecule has 0 spiro atoms. The van der Waals surface area contributed by atoms with Crippen LogP contribution in [0.4, 0.5) is 0 Å². The van der Waals surface area contributed by atoms with Crippen LogP contribution in [-0.4, -0.2) is 47.4 Å². The highest BCUT2D eigenvalue weighted by Gasteiger charge is 2.20. The number of aliphatic hydroxyl groups is 2. The Morgan fingerprint density at radius 3 is 0.963 bits per heavy atom. The maximum absolute atomic E-state index is 12.5. The monoisotopic (exact) mass is 1120 g/mol. The number of hydrogen-bond acceptors (Lipinski definition) is 5. The van der Waals surface area contributed by atoms with Gasteiger partial charge >= 0.3 is 5.97 Å². The third-order valence-corrected chi connectivity index (χ3v) is 16.6.